The lowest BCUT2D eigenvalue weighted by atomic mass is 9.89. The number of ether oxygens (including phenoxy) is 2. The number of carbonyl (C=O) groups excluding carboxylic acids is 4. The van der Waals surface area contributed by atoms with Gasteiger partial charge in [0, 0.05) is 56.6 Å². The number of anilines is 1. The molecule has 4 amide bonds. The Balaban J connectivity index is 0.785. The van der Waals surface area contributed by atoms with Crippen molar-refractivity contribution in [2.45, 2.75) is 56.7 Å². The molecule has 2 aromatic carbocycles. The van der Waals surface area contributed by atoms with Crippen LogP contribution in [-0.4, -0.2) is 119 Å². The molecule has 2 N–H and O–H groups in total. The fraction of sp³-hybridized carbons (Fsp3) is 0.472. The molecule has 4 heterocycles. The van der Waals surface area contributed by atoms with Crippen LogP contribution in [0.2, 0.25) is 0 Å². The van der Waals surface area contributed by atoms with Gasteiger partial charge in [-0.25, -0.2) is 9.97 Å². The number of hydrogen-bond acceptors (Lipinski definition) is 12. The molecule has 0 bridgehead atoms. The zero-order valence-electron chi connectivity index (χ0n) is 27.8. The molecule has 1 unspecified atom stereocenters. The zero-order chi connectivity index (χ0) is 34.6. The van der Waals surface area contributed by atoms with Crippen molar-refractivity contribution in [3.05, 3.63) is 59.4 Å². The van der Waals surface area contributed by atoms with Gasteiger partial charge < -0.3 is 14.8 Å². The van der Waals surface area contributed by atoms with E-state index in [4.69, 9.17) is 9.47 Å². The topological polar surface area (TPSA) is 170 Å². The van der Waals surface area contributed by atoms with Crippen molar-refractivity contribution in [2.24, 2.45) is 0 Å². The van der Waals surface area contributed by atoms with Crippen molar-refractivity contribution in [3.8, 4) is 11.8 Å². The number of imide groups is 2. The lowest BCUT2D eigenvalue weighted by Gasteiger charge is -2.42. The molecule has 4 aliphatic rings. The van der Waals surface area contributed by atoms with Gasteiger partial charge in [0.1, 0.15) is 30.5 Å². The number of fused-ring (bicyclic) bond motifs is 2. The van der Waals surface area contributed by atoms with E-state index in [1.807, 2.05) is 12.1 Å². The number of piperazine rings is 1. The molecule has 3 aromatic rings. The highest BCUT2D eigenvalue weighted by molar-refractivity contribution is 6.23. The number of piperidine rings is 1. The Morgan fingerprint density at radius 2 is 1.68 bits per heavy atom. The maximum atomic E-state index is 13.0. The van der Waals surface area contributed by atoms with Crippen molar-refractivity contribution in [3.63, 3.8) is 0 Å². The predicted octanol–water partition coefficient (Wildman–Crippen LogP) is 2.34. The van der Waals surface area contributed by atoms with Crippen LogP contribution in [0.5, 0.6) is 5.75 Å². The van der Waals surface area contributed by atoms with E-state index in [2.05, 4.69) is 36.5 Å². The molecule has 1 saturated carbocycles. The third kappa shape index (κ3) is 7.16. The molecule has 0 spiro atoms. The minimum absolute atomic E-state index is 0.0756. The van der Waals surface area contributed by atoms with Gasteiger partial charge in [0.2, 0.25) is 11.8 Å². The van der Waals surface area contributed by atoms with Gasteiger partial charge in [-0.3, -0.25) is 39.2 Å². The van der Waals surface area contributed by atoms with E-state index < -0.39 is 29.7 Å². The van der Waals surface area contributed by atoms with E-state index in [-0.39, 0.29) is 30.6 Å². The van der Waals surface area contributed by atoms with E-state index in [0.29, 0.717) is 36.6 Å². The Labute approximate surface area is 289 Å². The summed E-state index contributed by atoms with van der Waals surface area (Å²) in [7, 11) is 0. The Morgan fingerprint density at radius 1 is 0.880 bits per heavy atom. The number of amides is 4. The van der Waals surface area contributed by atoms with Crippen LogP contribution in [0.15, 0.2) is 42.7 Å². The first-order chi connectivity index (χ1) is 24.4. The summed E-state index contributed by atoms with van der Waals surface area (Å²) in [5, 5.41) is 16.0. The van der Waals surface area contributed by atoms with Gasteiger partial charge in [0.25, 0.3) is 11.8 Å². The Hall–Kier alpha value is -4.97. The summed E-state index contributed by atoms with van der Waals surface area (Å²) < 4.78 is 11.6. The normalized spacial score (nSPS) is 23.1. The van der Waals surface area contributed by atoms with Crippen LogP contribution >= 0.6 is 0 Å². The van der Waals surface area contributed by atoms with Gasteiger partial charge in [-0.2, -0.15) is 5.26 Å². The molecule has 3 aliphatic heterocycles. The summed E-state index contributed by atoms with van der Waals surface area (Å²) >= 11 is 0. The largest absolute Gasteiger partial charge is 0.491 e. The van der Waals surface area contributed by atoms with E-state index in [1.54, 1.807) is 18.5 Å². The van der Waals surface area contributed by atoms with Crippen LogP contribution in [0.4, 0.5) is 5.82 Å². The Kier molecular flexibility index (Phi) is 9.97. The standard InChI is InChI=1S/C36H40N8O6/c37-21-23-1-8-30-29(19-23)33(39-22-38-30)40-24-2-4-25(5-3-24)43-13-11-42(12-14-43)15-16-49-17-18-50-26-6-7-27-28(20-26)36(48)44(35(27)47)31-9-10-32(45)41-34(31)46/h1,6-8,19-20,22,24-25,31H,2-5,9-18H2,(H,38,39,40)(H,41,45,46)/t24-,25-,31?. The third-order valence-corrected chi connectivity index (χ3v) is 10.2. The summed E-state index contributed by atoms with van der Waals surface area (Å²) in [5.41, 5.74) is 1.85. The number of rotatable bonds is 11. The molecular formula is C36H40N8O6. The van der Waals surface area contributed by atoms with Gasteiger partial charge in [0.05, 0.1) is 41.5 Å². The quantitative estimate of drug-likeness (QED) is 0.224. The predicted molar refractivity (Wildman–Crippen MR) is 181 cm³/mol. The highest BCUT2D eigenvalue weighted by Crippen LogP contribution is 2.31. The minimum atomic E-state index is -0.997. The fourth-order valence-electron chi connectivity index (χ4n) is 7.43. The van der Waals surface area contributed by atoms with Crippen molar-refractivity contribution in [1.82, 2.24) is 30.0 Å². The van der Waals surface area contributed by atoms with Crippen LogP contribution in [0, 0.1) is 11.3 Å². The van der Waals surface area contributed by atoms with E-state index in [9.17, 15) is 24.4 Å². The average molecular weight is 681 g/mol. The number of benzene rings is 2. The smallest absolute Gasteiger partial charge is 0.262 e. The van der Waals surface area contributed by atoms with Gasteiger partial charge in [0.15, 0.2) is 0 Å². The molecular weight excluding hydrogens is 640 g/mol. The lowest BCUT2D eigenvalue weighted by molar-refractivity contribution is -0.136. The van der Waals surface area contributed by atoms with Crippen LogP contribution in [0.1, 0.15) is 64.8 Å². The summed E-state index contributed by atoms with van der Waals surface area (Å²) in [6.45, 7) is 6.20. The first-order valence-electron chi connectivity index (χ1n) is 17.3. The van der Waals surface area contributed by atoms with Crippen LogP contribution < -0.4 is 15.4 Å². The molecule has 3 fully saturated rings. The Morgan fingerprint density at radius 3 is 2.46 bits per heavy atom. The summed E-state index contributed by atoms with van der Waals surface area (Å²) in [4.78, 5) is 64.5. The van der Waals surface area contributed by atoms with Crippen molar-refractivity contribution >= 4 is 40.3 Å². The van der Waals surface area contributed by atoms with E-state index in [0.717, 1.165) is 80.0 Å². The number of carbonyl (C=O) groups is 4. The number of nitrogens with zero attached hydrogens (tertiary/aromatic N) is 6. The first kappa shape index (κ1) is 33.5. The molecule has 1 aromatic heterocycles. The molecule has 50 heavy (non-hydrogen) atoms. The lowest BCUT2D eigenvalue weighted by Crippen LogP contribution is -2.54. The summed E-state index contributed by atoms with van der Waals surface area (Å²) in [5.74, 6) is -0.901. The number of nitriles is 1. The molecule has 14 nitrogen and oxygen atoms in total. The SMILES string of the molecule is N#Cc1ccc2ncnc(N[C@H]3CC[C@H](N4CCN(CCOCCOc5ccc6c(c5)C(=O)N(C5CCC(=O)NC5=O)C6=O)CC4)CC3)c2c1. The molecule has 7 rings (SSSR count). The second kappa shape index (κ2) is 14.9. The van der Waals surface area contributed by atoms with Crippen LogP contribution in [-0.2, 0) is 14.3 Å². The van der Waals surface area contributed by atoms with E-state index in [1.165, 1.54) is 12.1 Å². The van der Waals surface area contributed by atoms with Gasteiger partial charge in [-0.1, -0.05) is 0 Å². The van der Waals surface area contributed by atoms with Crippen LogP contribution in [0.3, 0.4) is 0 Å². The zero-order valence-corrected chi connectivity index (χ0v) is 27.8. The maximum Gasteiger partial charge on any atom is 0.262 e. The molecule has 14 heteroatoms. The minimum Gasteiger partial charge on any atom is -0.491 e. The first-order valence-corrected chi connectivity index (χ1v) is 17.3. The maximum absolute atomic E-state index is 13.0. The fourth-order valence-corrected chi connectivity index (χ4v) is 7.43. The molecule has 0 radical (unpaired) electrons. The monoisotopic (exact) mass is 680 g/mol. The van der Waals surface area contributed by atoms with E-state index >= 15 is 0 Å². The van der Waals surface area contributed by atoms with Crippen molar-refractivity contribution in [2.75, 3.05) is 57.9 Å². The average Bonchev–Trinajstić information content (AvgIpc) is 3.38. The number of nitrogens with one attached hydrogen (secondary N) is 2. The van der Waals surface area contributed by atoms with Crippen LogP contribution in [0.25, 0.3) is 10.9 Å². The number of aromatic nitrogens is 2. The third-order valence-electron chi connectivity index (χ3n) is 10.2. The number of hydrogen-bond donors (Lipinski definition) is 2. The second-order valence-corrected chi connectivity index (χ2v) is 13.2. The summed E-state index contributed by atoms with van der Waals surface area (Å²) in [6, 6.07) is 12.3. The van der Waals surface area contributed by atoms with Crippen molar-refractivity contribution in [1.29, 1.82) is 5.26 Å². The molecule has 2 saturated heterocycles. The molecule has 1 atom stereocenters. The second-order valence-electron chi connectivity index (χ2n) is 13.2. The molecule has 260 valence electrons. The highest BCUT2D eigenvalue weighted by Gasteiger charge is 2.44. The Bertz CT molecular complexity index is 1830. The van der Waals surface area contributed by atoms with Crippen molar-refractivity contribution < 1.29 is 28.7 Å². The van der Waals surface area contributed by atoms with Gasteiger partial charge >= 0.3 is 0 Å². The molecule has 1 aliphatic carbocycles. The van der Waals surface area contributed by atoms with Gasteiger partial charge in [-0.15, -0.1) is 0 Å². The summed E-state index contributed by atoms with van der Waals surface area (Å²) in [6.07, 6.45) is 6.19. The van der Waals surface area contributed by atoms with Gasteiger partial charge in [-0.05, 0) is 68.5 Å². The highest BCUT2D eigenvalue weighted by atomic mass is 16.5.